The number of ether oxygens (including phenoxy) is 1. The Morgan fingerprint density at radius 2 is 1.75 bits per heavy atom. The van der Waals surface area contributed by atoms with Crippen molar-refractivity contribution in [2.75, 3.05) is 13.0 Å². The number of carbonyl (C=O) groups excluding carboxylic acids is 2. The van der Waals surface area contributed by atoms with Gasteiger partial charge in [0, 0.05) is 11.6 Å². The first kappa shape index (κ1) is 24.1. The second kappa shape index (κ2) is 11.9. The van der Waals surface area contributed by atoms with Crippen molar-refractivity contribution in [3.05, 3.63) is 65.5 Å². The zero-order chi connectivity index (χ0) is 22.9. The van der Waals surface area contributed by atoms with Gasteiger partial charge in [-0.05, 0) is 36.6 Å². The highest BCUT2D eigenvalue weighted by molar-refractivity contribution is 6.27. The van der Waals surface area contributed by atoms with E-state index in [0.717, 1.165) is 31.2 Å². The lowest BCUT2D eigenvalue weighted by Crippen LogP contribution is -2.46. The highest BCUT2D eigenvalue weighted by atomic mass is 35.5. The molecule has 1 aliphatic rings. The van der Waals surface area contributed by atoms with Crippen LogP contribution in [0.2, 0.25) is 0 Å². The number of amides is 2. The zero-order valence-corrected chi connectivity index (χ0v) is 19.1. The van der Waals surface area contributed by atoms with Crippen LogP contribution >= 0.6 is 11.6 Å². The largest absolute Gasteiger partial charge is 0.496 e. The Bertz CT molecular complexity index is 898. The van der Waals surface area contributed by atoms with Gasteiger partial charge in [-0.3, -0.25) is 9.59 Å². The molecule has 32 heavy (non-hydrogen) atoms. The Hall–Kier alpha value is -2.60. The SMILES string of the molecule is COc1ccccc1CN(C(=O)CCl)C(C(=O)NC1CCCCCC1)c1ccc(F)cc1. The summed E-state index contributed by atoms with van der Waals surface area (Å²) in [5.41, 5.74) is 1.29. The van der Waals surface area contributed by atoms with Crippen LogP contribution in [0.25, 0.3) is 0 Å². The smallest absolute Gasteiger partial charge is 0.247 e. The summed E-state index contributed by atoms with van der Waals surface area (Å²) in [6.07, 6.45) is 6.29. The van der Waals surface area contributed by atoms with Crippen molar-refractivity contribution in [3.63, 3.8) is 0 Å². The quantitative estimate of drug-likeness (QED) is 0.446. The predicted octanol–water partition coefficient (Wildman–Crippen LogP) is 4.98. The van der Waals surface area contributed by atoms with Gasteiger partial charge in [-0.15, -0.1) is 11.6 Å². The standard InChI is InChI=1S/C25H30ClFN2O3/c1-32-22-11-7-6-8-19(22)17-29(23(30)16-26)24(18-12-14-20(27)15-13-18)25(31)28-21-9-4-2-3-5-10-21/h6-8,11-15,21,24H,2-5,9-10,16-17H2,1H3,(H,28,31). The molecule has 1 atom stereocenters. The molecule has 3 rings (SSSR count). The van der Waals surface area contributed by atoms with Crippen LogP contribution in [0, 0.1) is 5.82 Å². The molecule has 1 N–H and O–H groups in total. The third kappa shape index (κ3) is 6.22. The number of hydrogen-bond acceptors (Lipinski definition) is 3. The minimum atomic E-state index is -0.935. The number of hydrogen-bond donors (Lipinski definition) is 1. The van der Waals surface area contributed by atoms with Crippen LogP contribution in [-0.4, -0.2) is 35.7 Å². The minimum Gasteiger partial charge on any atom is -0.496 e. The highest BCUT2D eigenvalue weighted by Gasteiger charge is 2.33. The molecule has 0 bridgehead atoms. The molecule has 2 aromatic carbocycles. The fourth-order valence-corrected chi connectivity index (χ4v) is 4.39. The van der Waals surface area contributed by atoms with E-state index in [-0.39, 0.29) is 30.3 Å². The number of nitrogens with zero attached hydrogens (tertiary/aromatic N) is 1. The van der Waals surface area contributed by atoms with E-state index in [1.54, 1.807) is 25.3 Å². The van der Waals surface area contributed by atoms with Crippen LogP contribution in [0.15, 0.2) is 48.5 Å². The molecule has 1 aliphatic carbocycles. The van der Waals surface area contributed by atoms with E-state index in [0.29, 0.717) is 11.3 Å². The van der Waals surface area contributed by atoms with E-state index in [1.165, 1.54) is 29.9 Å². The minimum absolute atomic E-state index is 0.0622. The molecule has 2 aromatic rings. The van der Waals surface area contributed by atoms with E-state index in [2.05, 4.69) is 5.32 Å². The second-order valence-corrected chi connectivity index (χ2v) is 8.39. The molecule has 1 fully saturated rings. The third-order valence-corrected chi connectivity index (χ3v) is 6.14. The Morgan fingerprint density at radius 1 is 1.09 bits per heavy atom. The predicted molar refractivity (Wildman–Crippen MR) is 123 cm³/mol. The summed E-state index contributed by atoms with van der Waals surface area (Å²) < 4.78 is 19.1. The summed E-state index contributed by atoms with van der Waals surface area (Å²) in [6.45, 7) is 0.135. The van der Waals surface area contributed by atoms with Gasteiger partial charge in [0.15, 0.2) is 0 Å². The maximum atomic E-state index is 13.6. The van der Waals surface area contributed by atoms with E-state index in [9.17, 15) is 14.0 Å². The molecule has 0 aromatic heterocycles. The van der Waals surface area contributed by atoms with E-state index >= 15 is 0 Å². The van der Waals surface area contributed by atoms with Crippen molar-refractivity contribution in [2.45, 2.75) is 57.2 Å². The summed E-state index contributed by atoms with van der Waals surface area (Å²) in [7, 11) is 1.56. The first-order valence-electron chi connectivity index (χ1n) is 11.1. The second-order valence-electron chi connectivity index (χ2n) is 8.12. The molecule has 2 amide bonds. The van der Waals surface area contributed by atoms with Crippen LogP contribution < -0.4 is 10.1 Å². The van der Waals surface area contributed by atoms with Crippen molar-refractivity contribution < 1.29 is 18.7 Å². The summed E-state index contributed by atoms with van der Waals surface area (Å²) in [6, 6.07) is 12.2. The third-order valence-electron chi connectivity index (χ3n) is 5.92. The number of para-hydroxylation sites is 1. The van der Waals surface area contributed by atoms with Gasteiger partial charge in [0.2, 0.25) is 11.8 Å². The number of alkyl halides is 1. The molecule has 5 nitrogen and oxygen atoms in total. The van der Waals surface area contributed by atoms with Crippen LogP contribution in [0.3, 0.4) is 0 Å². The Labute approximate surface area is 193 Å². The molecule has 0 saturated heterocycles. The van der Waals surface area contributed by atoms with Crippen molar-refractivity contribution in [2.24, 2.45) is 0 Å². The number of carbonyl (C=O) groups is 2. The lowest BCUT2D eigenvalue weighted by atomic mass is 10.0. The molecule has 7 heteroatoms. The molecule has 0 heterocycles. The fraction of sp³-hybridized carbons (Fsp3) is 0.440. The Kier molecular flexibility index (Phi) is 8.91. The normalized spacial score (nSPS) is 15.5. The Morgan fingerprint density at radius 3 is 2.38 bits per heavy atom. The Balaban J connectivity index is 1.96. The van der Waals surface area contributed by atoms with Gasteiger partial charge < -0.3 is 15.0 Å². The van der Waals surface area contributed by atoms with Gasteiger partial charge in [-0.1, -0.05) is 56.0 Å². The number of halogens is 2. The topological polar surface area (TPSA) is 58.6 Å². The summed E-state index contributed by atoms with van der Waals surface area (Å²) in [5.74, 6) is -0.734. The van der Waals surface area contributed by atoms with Gasteiger partial charge in [-0.25, -0.2) is 4.39 Å². The monoisotopic (exact) mass is 460 g/mol. The molecule has 0 aliphatic heterocycles. The van der Waals surface area contributed by atoms with E-state index in [1.807, 2.05) is 18.2 Å². The van der Waals surface area contributed by atoms with Gasteiger partial charge in [0.25, 0.3) is 0 Å². The number of rotatable bonds is 8. The van der Waals surface area contributed by atoms with Gasteiger partial charge in [0.05, 0.1) is 13.7 Å². The number of nitrogens with one attached hydrogen (secondary N) is 1. The summed E-state index contributed by atoms with van der Waals surface area (Å²) in [4.78, 5) is 27.9. The number of methoxy groups -OCH3 is 1. The van der Waals surface area contributed by atoms with Crippen LogP contribution in [0.5, 0.6) is 5.75 Å². The first-order valence-corrected chi connectivity index (χ1v) is 11.6. The maximum Gasteiger partial charge on any atom is 0.247 e. The summed E-state index contributed by atoms with van der Waals surface area (Å²) in [5, 5.41) is 3.14. The lowest BCUT2D eigenvalue weighted by molar-refractivity contribution is -0.140. The molecule has 172 valence electrons. The van der Waals surface area contributed by atoms with E-state index < -0.39 is 11.9 Å². The summed E-state index contributed by atoms with van der Waals surface area (Å²) >= 11 is 5.95. The maximum absolute atomic E-state index is 13.6. The van der Waals surface area contributed by atoms with Gasteiger partial charge >= 0.3 is 0 Å². The first-order chi connectivity index (χ1) is 15.5. The van der Waals surface area contributed by atoms with Crippen LogP contribution in [0.1, 0.15) is 55.7 Å². The van der Waals surface area contributed by atoms with Crippen molar-refractivity contribution in [1.29, 1.82) is 0 Å². The van der Waals surface area contributed by atoms with E-state index in [4.69, 9.17) is 16.3 Å². The molecule has 0 radical (unpaired) electrons. The van der Waals surface area contributed by atoms with Crippen molar-refractivity contribution in [3.8, 4) is 5.75 Å². The van der Waals surface area contributed by atoms with Crippen LogP contribution in [-0.2, 0) is 16.1 Å². The van der Waals surface area contributed by atoms with Crippen LogP contribution in [0.4, 0.5) is 4.39 Å². The molecular weight excluding hydrogens is 431 g/mol. The number of benzene rings is 2. The van der Waals surface area contributed by atoms with Gasteiger partial charge in [-0.2, -0.15) is 0 Å². The van der Waals surface area contributed by atoms with Gasteiger partial charge in [0.1, 0.15) is 23.5 Å². The fourth-order valence-electron chi connectivity index (χ4n) is 4.24. The molecule has 1 unspecified atom stereocenters. The van der Waals surface area contributed by atoms with Crippen molar-refractivity contribution in [1.82, 2.24) is 10.2 Å². The molecule has 1 saturated carbocycles. The average molecular weight is 461 g/mol. The zero-order valence-electron chi connectivity index (χ0n) is 18.4. The highest BCUT2D eigenvalue weighted by Crippen LogP contribution is 2.28. The lowest BCUT2D eigenvalue weighted by Gasteiger charge is -2.32. The van der Waals surface area contributed by atoms with Crippen molar-refractivity contribution >= 4 is 23.4 Å². The average Bonchev–Trinajstić information content (AvgIpc) is 3.08. The molecular formula is C25H30ClFN2O3. The molecule has 0 spiro atoms.